The van der Waals surface area contributed by atoms with E-state index in [1.807, 2.05) is 26.8 Å². The van der Waals surface area contributed by atoms with Crippen molar-refractivity contribution < 1.29 is 19.0 Å². The molecule has 0 saturated carbocycles. The van der Waals surface area contributed by atoms with Gasteiger partial charge in [-0.15, -0.1) is 0 Å². The molecule has 0 spiro atoms. The van der Waals surface area contributed by atoms with Gasteiger partial charge in [-0.3, -0.25) is 0 Å². The predicted molar refractivity (Wildman–Crippen MR) is 119 cm³/mol. The minimum Gasteiger partial charge on any atom is -0.485 e. The molecule has 30 heavy (non-hydrogen) atoms. The number of nitrogens with zero attached hydrogens (tertiary/aromatic N) is 2. The normalized spacial score (nSPS) is 16.9. The largest absolute Gasteiger partial charge is 0.485 e. The summed E-state index contributed by atoms with van der Waals surface area (Å²) in [6, 6.07) is 5.55. The van der Waals surface area contributed by atoms with E-state index >= 15 is 0 Å². The van der Waals surface area contributed by atoms with Gasteiger partial charge in [0.1, 0.15) is 18.0 Å². The molecule has 0 bridgehead atoms. The molecule has 2 aromatic rings. The number of aromatic nitrogens is 1. The Labute approximate surface area is 189 Å². The average molecular weight is 496 g/mol. The maximum Gasteiger partial charge on any atom is 0.420 e. The first-order valence-electron chi connectivity index (χ1n) is 9.95. The highest BCUT2D eigenvalue weighted by molar-refractivity contribution is 9.10. The Hall–Kier alpha value is -1.83. The minimum absolute atomic E-state index is 0.267. The van der Waals surface area contributed by atoms with Crippen molar-refractivity contribution in [2.24, 2.45) is 0 Å². The molecule has 1 amide bonds. The van der Waals surface area contributed by atoms with Crippen LogP contribution in [0.3, 0.4) is 0 Å². The lowest BCUT2D eigenvalue weighted by Gasteiger charge is -2.29. The van der Waals surface area contributed by atoms with Crippen molar-refractivity contribution in [1.82, 2.24) is 4.98 Å². The Bertz CT molecular complexity index is 970. The van der Waals surface area contributed by atoms with Crippen molar-refractivity contribution >= 4 is 45.1 Å². The van der Waals surface area contributed by atoms with Crippen molar-refractivity contribution in [3.05, 3.63) is 45.0 Å². The van der Waals surface area contributed by atoms with Gasteiger partial charge in [0.05, 0.1) is 10.7 Å². The van der Waals surface area contributed by atoms with Gasteiger partial charge in [0, 0.05) is 29.4 Å². The molecule has 0 unspecified atom stereocenters. The molecule has 1 saturated heterocycles. The summed E-state index contributed by atoms with van der Waals surface area (Å²) in [7, 11) is 0. The summed E-state index contributed by atoms with van der Waals surface area (Å²) < 4.78 is 18.1. The number of ether oxygens (including phenoxy) is 3. The lowest BCUT2D eigenvalue weighted by molar-refractivity contribution is 0.0597. The van der Waals surface area contributed by atoms with Gasteiger partial charge >= 0.3 is 6.09 Å². The van der Waals surface area contributed by atoms with Gasteiger partial charge < -0.3 is 14.2 Å². The number of carbonyl (C=O) groups is 1. The van der Waals surface area contributed by atoms with Gasteiger partial charge in [0.15, 0.2) is 5.75 Å². The number of benzene rings is 1. The van der Waals surface area contributed by atoms with Gasteiger partial charge in [0.2, 0.25) is 0 Å². The molecule has 2 aliphatic rings. The molecule has 0 N–H and O–H groups in total. The van der Waals surface area contributed by atoms with Crippen molar-refractivity contribution in [3.63, 3.8) is 0 Å². The van der Waals surface area contributed by atoms with Crippen LogP contribution in [0.4, 0.5) is 16.3 Å². The zero-order valence-corrected chi connectivity index (χ0v) is 19.5. The van der Waals surface area contributed by atoms with Crippen LogP contribution < -0.4 is 9.64 Å². The number of carbonyl (C=O) groups excluding carboxylic acids is 1. The topological polar surface area (TPSA) is 60.9 Å². The van der Waals surface area contributed by atoms with E-state index in [2.05, 4.69) is 20.9 Å². The van der Waals surface area contributed by atoms with Crippen LogP contribution >= 0.6 is 27.5 Å². The summed E-state index contributed by atoms with van der Waals surface area (Å²) in [5.41, 5.74) is 1.83. The number of halogens is 2. The molecular formula is C22H24BrClN2O4. The summed E-state index contributed by atoms with van der Waals surface area (Å²) in [6.45, 7) is 7.21. The Morgan fingerprint density at radius 1 is 1.30 bits per heavy atom. The van der Waals surface area contributed by atoms with E-state index in [1.54, 1.807) is 18.3 Å². The highest BCUT2D eigenvalue weighted by atomic mass is 79.9. The molecule has 8 heteroatoms. The second-order valence-electron chi connectivity index (χ2n) is 8.43. The lowest BCUT2D eigenvalue weighted by atomic mass is 9.89. The molecule has 2 aliphatic heterocycles. The summed E-state index contributed by atoms with van der Waals surface area (Å²) in [5.74, 6) is 1.27. The zero-order valence-electron chi connectivity index (χ0n) is 17.2. The number of amides is 1. The van der Waals surface area contributed by atoms with E-state index in [0.29, 0.717) is 28.2 Å². The van der Waals surface area contributed by atoms with E-state index in [9.17, 15) is 4.79 Å². The Balaban J connectivity index is 1.88. The summed E-state index contributed by atoms with van der Waals surface area (Å²) >= 11 is 9.95. The first-order chi connectivity index (χ1) is 14.2. The third-order valence-corrected chi connectivity index (χ3v) is 5.85. The Kier molecular flexibility index (Phi) is 5.97. The van der Waals surface area contributed by atoms with Crippen LogP contribution in [-0.2, 0) is 16.1 Å². The van der Waals surface area contributed by atoms with E-state index in [0.717, 1.165) is 41.7 Å². The highest BCUT2D eigenvalue weighted by Crippen LogP contribution is 2.46. The molecule has 4 rings (SSSR count). The van der Waals surface area contributed by atoms with Crippen LogP contribution in [-0.4, -0.2) is 29.9 Å². The van der Waals surface area contributed by atoms with Crippen molar-refractivity contribution in [2.45, 2.75) is 51.7 Å². The summed E-state index contributed by atoms with van der Waals surface area (Å²) in [4.78, 5) is 19.4. The Morgan fingerprint density at radius 3 is 2.73 bits per heavy atom. The van der Waals surface area contributed by atoms with Gasteiger partial charge in [-0.25, -0.2) is 14.7 Å². The fourth-order valence-electron chi connectivity index (χ4n) is 3.83. The monoisotopic (exact) mass is 494 g/mol. The molecule has 3 heterocycles. The van der Waals surface area contributed by atoms with E-state index in [-0.39, 0.29) is 6.61 Å². The van der Waals surface area contributed by atoms with Crippen LogP contribution in [0.2, 0.25) is 5.02 Å². The predicted octanol–water partition coefficient (Wildman–Crippen LogP) is 6.36. The number of anilines is 2. The lowest BCUT2D eigenvalue weighted by Crippen LogP contribution is -2.34. The second kappa shape index (κ2) is 8.36. The van der Waals surface area contributed by atoms with Crippen molar-refractivity contribution in [1.29, 1.82) is 0 Å². The van der Waals surface area contributed by atoms with E-state index in [4.69, 9.17) is 25.8 Å². The van der Waals surface area contributed by atoms with Crippen molar-refractivity contribution in [3.8, 4) is 5.75 Å². The molecule has 0 atom stereocenters. The molecular weight excluding hydrogens is 472 g/mol. The maximum atomic E-state index is 13.3. The number of fused-ring (bicyclic) bond motifs is 2. The number of hydrogen-bond donors (Lipinski definition) is 0. The number of pyridine rings is 1. The van der Waals surface area contributed by atoms with Crippen LogP contribution in [0.1, 0.15) is 50.7 Å². The quantitative estimate of drug-likeness (QED) is 0.461. The summed E-state index contributed by atoms with van der Waals surface area (Å²) in [6.07, 6.45) is 3.05. The molecule has 1 aromatic heterocycles. The number of hydrogen-bond acceptors (Lipinski definition) is 5. The highest BCUT2D eigenvalue weighted by Gasteiger charge is 2.35. The minimum atomic E-state index is -0.668. The smallest absolute Gasteiger partial charge is 0.420 e. The van der Waals surface area contributed by atoms with Crippen LogP contribution in [0, 0.1) is 0 Å². The molecule has 0 aliphatic carbocycles. The Morgan fingerprint density at radius 2 is 2.03 bits per heavy atom. The first-order valence-corrected chi connectivity index (χ1v) is 11.1. The van der Waals surface area contributed by atoms with Crippen LogP contribution in [0.15, 0.2) is 28.9 Å². The molecule has 1 fully saturated rings. The fourth-order valence-corrected chi connectivity index (χ4v) is 4.68. The number of rotatable bonds is 1. The van der Waals surface area contributed by atoms with Crippen LogP contribution in [0.5, 0.6) is 5.75 Å². The van der Waals surface area contributed by atoms with E-state index < -0.39 is 11.7 Å². The molecule has 160 valence electrons. The molecule has 0 radical (unpaired) electrons. The van der Waals surface area contributed by atoms with Gasteiger partial charge in [-0.05, 0) is 63.3 Å². The average Bonchev–Trinajstić information content (AvgIpc) is 2.84. The standard InChI is InChI=1S/C22H24BrClN2O4/c1-22(2,3)30-21(27)26-18-11-14(23)10-17(24)19(18)29-12-16-15(4-7-25-20(16)26)13-5-8-28-9-6-13/h4,7,10-11,13H,5-6,8-9,12H2,1-3H3. The second-order valence-corrected chi connectivity index (χ2v) is 9.75. The molecule has 6 nitrogen and oxygen atoms in total. The fraction of sp³-hybridized carbons (Fsp3) is 0.455. The van der Waals surface area contributed by atoms with Gasteiger partial charge in [0.25, 0.3) is 0 Å². The SMILES string of the molecule is CC(C)(C)OC(=O)N1c2cc(Br)cc(Cl)c2OCc2c(C3CCOCC3)ccnc21. The first kappa shape index (κ1) is 21.4. The van der Waals surface area contributed by atoms with Gasteiger partial charge in [-0.2, -0.15) is 0 Å². The van der Waals surface area contributed by atoms with Crippen molar-refractivity contribution in [2.75, 3.05) is 18.1 Å². The van der Waals surface area contributed by atoms with E-state index in [1.165, 1.54) is 4.90 Å². The maximum absolute atomic E-state index is 13.3. The van der Waals surface area contributed by atoms with Gasteiger partial charge in [-0.1, -0.05) is 27.5 Å². The van der Waals surface area contributed by atoms with Crippen LogP contribution in [0.25, 0.3) is 0 Å². The molecule has 1 aromatic carbocycles. The third-order valence-electron chi connectivity index (χ3n) is 5.11. The third kappa shape index (κ3) is 4.29. The zero-order chi connectivity index (χ0) is 21.5. The summed E-state index contributed by atoms with van der Waals surface area (Å²) in [5, 5.41) is 0.411.